The summed E-state index contributed by atoms with van der Waals surface area (Å²) in [5.41, 5.74) is 4.27. The molecule has 0 radical (unpaired) electrons. The predicted octanol–water partition coefficient (Wildman–Crippen LogP) is 2.87. The van der Waals surface area contributed by atoms with Crippen molar-refractivity contribution in [3.63, 3.8) is 0 Å². The van der Waals surface area contributed by atoms with E-state index in [-0.39, 0.29) is 17.6 Å². The van der Waals surface area contributed by atoms with Crippen molar-refractivity contribution in [2.45, 2.75) is 71.6 Å². The smallest absolute Gasteiger partial charge is 0.0944 e. The predicted molar refractivity (Wildman–Crippen MR) is 88.3 cm³/mol. The molecule has 0 spiro atoms. The summed E-state index contributed by atoms with van der Waals surface area (Å²) in [6, 6.07) is 0.207. The molecule has 0 aliphatic carbocycles. The number of thiazole rings is 1. The van der Waals surface area contributed by atoms with Crippen molar-refractivity contribution in [1.29, 1.82) is 0 Å². The highest BCUT2D eigenvalue weighted by Crippen LogP contribution is 2.35. The van der Waals surface area contributed by atoms with Gasteiger partial charge in [0.15, 0.2) is 0 Å². The van der Waals surface area contributed by atoms with Gasteiger partial charge in [0, 0.05) is 29.2 Å². The van der Waals surface area contributed by atoms with Crippen LogP contribution in [0.25, 0.3) is 0 Å². The van der Waals surface area contributed by atoms with Crippen LogP contribution in [0.1, 0.15) is 52.2 Å². The lowest BCUT2D eigenvalue weighted by molar-refractivity contribution is 0.0476. The lowest BCUT2D eigenvalue weighted by Gasteiger charge is -2.27. The first-order valence-corrected chi connectivity index (χ1v) is 8.68. The van der Waals surface area contributed by atoms with Crippen LogP contribution in [0.4, 0.5) is 0 Å². The van der Waals surface area contributed by atoms with E-state index in [4.69, 9.17) is 15.6 Å². The van der Waals surface area contributed by atoms with Crippen molar-refractivity contribution in [3.05, 3.63) is 16.1 Å². The van der Waals surface area contributed by atoms with E-state index in [2.05, 4.69) is 52.3 Å². The van der Waals surface area contributed by atoms with Gasteiger partial charge in [0.05, 0.1) is 22.9 Å². The molecule has 1 aliphatic rings. The molecule has 4 nitrogen and oxygen atoms in total. The Balaban J connectivity index is 2.11. The summed E-state index contributed by atoms with van der Waals surface area (Å²) in [5.74, 6) is 6.76. The number of aromatic nitrogens is 1. The summed E-state index contributed by atoms with van der Waals surface area (Å²) >= 11 is 1.73. The van der Waals surface area contributed by atoms with Crippen LogP contribution in [0, 0.1) is 11.8 Å². The number of nitrogens with two attached hydrogens (primary N) is 1. The van der Waals surface area contributed by atoms with E-state index in [1.165, 1.54) is 0 Å². The van der Waals surface area contributed by atoms with Gasteiger partial charge < -0.3 is 4.74 Å². The van der Waals surface area contributed by atoms with E-state index < -0.39 is 0 Å². The SMILES string of the molecule is CC1OC(C)C(C(Cc2nc(C(C)(C)C)cs2)NN)C1C. The molecule has 0 amide bonds. The monoisotopic (exact) mass is 311 g/mol. The van der Waals surface area contributed by atoms with Gasteiger partial charge in [-0.25, -0.2) is 4.98 Å². The fraction of sp³-hybridized carbons (Fsp3) is 0.812. The summed E-state index contributed by atoms with van der Waals surface area (Å²) in [4.78, 5) is 4.79. The van der Waals surface area contributed by atoms with Gasteiger partial charge in [0.1, 0.15) is 0 Å². The number of hydrogen-bond acceptors (Lipinski definition) is 5. The minimum atomic E-state index is 0.103. The third kappa shape index (κ3) is 3.65. The molecular formula is C16H29N3OS. The van der Waals surface area contributed by atoms with Crippen LogP contribution in [-0.2, 0) is 16.6 Å². The second-order valence-corrected chi connectivity index (χ2v) is 8.28. The van der Waals surface area contributed by atoms with E-state index in [9.17, 15) is 0 Å². The highest BCUT2D eigenvalue weighted by Gasteiger charge is 2.41. The number of nitrogens with one attached hydrogen (secondary N) is 1. The molecule has 120 valence electrons. The van der Waals surface area contributed by atoms with Crippen molar-refractivity contribution in [3.8, 4) is 0 Å². The Morgan fingerprint density at radius 3 is 2.43 bits per heavy atom. The third-order valence-electron chi connectivity index (χ3n) is 4.71. The van der Waals surface area contributed by atoms with E-state index in [1.54, 1.807) is 11.3 Å². The average molecular weight is 311 g/mol. The molecule has 1 aliphatic heterocycles. The first kappa shape index (κ1) is 16.9. The molecule has 2 heterocycles. The number of nitrogens with zero attached hydrogens (tertiary/aromatic N) is 1. The number of rotatable bonds is 4. The molecule has 0 bridgehead atoms. The summed E-state index contributed by atoms with van der Waals surface area (Å²) in [7, 11) is 0. The topological polar surface area (TPSA) is 60.2 Å². The maximum atomic E-state index is 5.95. The highest BCUT2D eigenvalue weighted by atomic mass is 32.1. The average Bonchev–Trinajstić information content (AvgIpc) is 2.94. The third-order valence-corrected chi connectivity index (χ3v) is 5.58. The molecule has 21 heavy (non-hydrogen) atoms. The van der Waals surface area contributed by atoms with Crippen molar-refractivity contribution in [1.82, 2.24) is 10.4 Å². The molecule has 3 N–H and O–H groups in total. The minimum Gasteiger partial charge on any atom is -0.375 e. The van der Waals surface area contributed by atoms with Crippen molar-refractivity contribution in [2.75, 3.05) is 0 Å². The van der Waals surface area contributed by atoms with Gasteiger partial charge in [-0.15, -0.1) is 11.3 Å². The summed E-state index contributed by atoms with van der Waals surface area (Å²) < 4.78 is 5.95. The molecule has 5 heteroatoms. The largest absolute Gasteiger partial charge is 0.375 e. The van der Waals surface area contributed by atoms with Gasteiger partial charge in [-0.2, -0.15) is 0 Å². The molecule has 5 unspecified atom stereocenters. The van der Waals surface area contributed by atoms with E-state index in [0.29, 0.717) is 17.9 Å². The molecule has 1 aromatic rings. The second-order valence-electron chi connectivity index (χ2n) is 7.34. The van der Waals surface area contributed by atoms with E-state index in [0.717, 1.165) is 17.1 Å². The zero-order chi connectivity index (χ0) is 15.8. The first-order valence-electron chi connectivity index (χ1n) is 7.80. The Morgan fingerprint density at radius 2 is 2.00 bits per heavy atom. The molecule has 1 saturated heterocycles. The van der Waals surface area contributed by atoms with Gasteiger partial charge in [-0.1, -0.05) is 27.7 Å². The van der Waals surface area contributed by atoms with Crippen LogP contribution < -0.4 is 11.3 Å². The minimum absolute atomic E-state index is 0.103. The highest BCUT2D eigenvalue weighted by molar-refractivity contribution is 7.09. The van der Waals surface area contributed by atoms with Crippen molar-refractivity contribution in [2.24, 2.45) is 17.7 Å². The van der Waals surface area contributed by atoms with Crippen LogP contribution >= 0.6 is 11.3 Å². The van der Waals surface area contributed by atoms with Crippen LogP contribution in [0.5, 0.6) is 0 Å². The lowest BCUT2D eigenvalue weighted by Crippen LogP contribution is -2.46. The Kier molecular flexibility index (Phi) is 5.08. The summed E-state index contributed by atoms with van der Waals surface area (Å²) in [6.07, 6.45) is 1.40. The number of hydrazine groups is 1. The summed E-state index contributed by atoms with van der Waals surface area (Å²) in [6.45, 7) is 13.1. The van der Waals surface area contributed by atoms with Crippen LogP contribution in [0.3, 0.4) is 0 Å². The Hall–Kier alpha value is -0.490. The quantitative estimate of drug-likeness (QED) is 0.663. The van der Waals surface area contributed by atoms with E-state index >= 15 is 0 Å². The fourth-order valence-corrected chi connectivity index (χ4v) is 4.31. The van der Waals surface area contributed by atoms with Crippen LogP contribution in [0.15, 0.2) is 5.38 Å². The van der Waals surface area contributed by atoms with Gasteiger partial charge >= 0.3 is 0 Å². The first-order chi connectivity index (χ1) is 9.74. The Labute approximate surface area is 132 Å². The molecule has 0 saturated carbocycles. The van der Waals surface area contributed by atoms with Crippen molar-refractivity contribution >= 4 is 11.3 Å². The number of ether oxygens (including phenoxy) is 1. The lowest BCUT2D eigenvalue weighted by atomic mass is 9.82. The zero-order valence-electron chi connectivity index (χ0n) is 14.0. The van der Waals surface area contributed by atoms with Gasteiger partial charge in [0.25, 0.3) is 0 Å². The molecule has 1 aromatic heterocycles. The van der Waals surface area contributed by atoms with Crippen LogP contribution in [-0.4, -0.2) is 23.2 Å². The maximum absolute atomic E-state index is 5.95. The van der Waals surface area contributed by atoms with E-state index in [1.807, 2.05) is 0 Å². The second kappa shape index (κ2) is 6.32. The molecule has 5 atom stereocenters. The van der Waals surface area contributed by atoms with Gasteiger partial charge in [-0.3, -0.25) is 11.3 Å². The Morgan fingerprint density at radius 1 is 1.33 bits per heavy atom. The molecule has 2 rings (SSSR count). The van der Waals surface area contributed by atoms with Gasteiger partial charge in [-0.05, 0) is 19.8 Å². The van der Waals surface area contributed by atoms with Crippen LogP contribution in [0.2, 0.25) is 0 Å². The number of hydrogen-bond donors (Lipinski definition) is 2. The maximum Gasteiger partial charge on any atom is 0.0944 e. The molecule has 1 fully saturated rings. The van der Waals surface area contributed by atoms with Gasteiger partial charge in [0.2, 0.25) is 0 Å². The standard InChI is InChI=1S/C16H29N3OS/c1-9-10(2)20-11(3)15(9)12(19-17)7-14-18-13(8-21-14)16(4,5)6/h8-12,15,19H,7,17H2,1-6H3. The Bertz CT molecular complexity index is 468. The normalized spacial score (nSPS) is 31.6. The fourth-order valence-electron chi connectivity index (χ4n) is 3.23. The molecule has 0 aromatic carbocycles. The van der Waals surface area contributed by atoms with Crippen molar-refractivity contribution < 1.29 is 4.74 Å². The molecular weight excluding hydrogens is 282 g/mol. The summed E-state index contributed by atoms with van der Waals surface area (Å²) in [5, 5.41) is 3.32. The zero-order valence-corrected chi connectivity index (χ0v) is 14.8.